The van der Waals surface area contributed by atoms with Crippen LogP contribution in [0.5, 0.6) is 0 Å². The van der Waals surface area contributed by atoms with Gasteiger partial charge in [-0.05, 0) is 62.9 Å². The molecule has 6 heteroatoms. The molecule has 0 bridgehead atoms. The average Bonchev–Trinajstić information content (AvgIpc) is 3.32. The van der Waals surface area contributed by atoms with Gasteiger partial charge in [0.2, 0.25) is 5.91 Å². The summed E-state index contributed by atoms with van der Waals surface area (Å²) in [7, 11) is 0. The minimum atomic E-state index is 0.0583. The molecule has 0 unspecified atom stereocenters. The van der Waals surface area contributed by atoms with E-state index in [1.54, 1.807) is 4.68 Å². The molecule has 1 amide bonds. The third-order valence-corrected chi connectivity index (χ3v) is 5.75. The highest BCUT2D eigenvalue weighted by atomic mass is 79.9. The van der Waals surface area contributed by atoms with Crippen LogP contribution in [-0.2, 0) is 4.79 Å². The molecule has 0 saturated heterocycles. The number of anilines is 1. The Balaban J connectivity index is 1.45. The molecule has 140 valence electrons. The zero-order valence-electron chi connectivity index (χ0n) is 15.3. The molecule has 1 N–H and O–H groups in total. The molecule has 1 fully saturated rings. The van der Waals surface area contributed by atoms with Crippen molar-refractivity contribution in [3.8, 4) is 5.69 Å². The van der Waals surface area contributed by atoms with Gasteiger partial charge >= 0.3 is 0 Å². The molecule has 1 saturated carbocycles. The van der Waals surface area contributed by atoms with Gasteiger partial charge < -0.3 is 9.88 Å². The summed E-state index contributed by atoms with van der Waals surface area (Å²) in [5, 5.41) is 7.65. The number of hydrogen-bond acceptors (Lipinski definition) is 2. The van der Waals surface area contributed by atoms with Crippen LogP contribution in [0.15, 0.2) is 59.3 Å². The molecule has 1 aliphatic rings. The summed E-state index contributed by atoms with van der Waals surface area (Å²) in [4.78, 5) is 12.9. The van der Waals surface area contributed by atoms with Crippen molar-refractivity contribution in [1.82, 2.24) is 14.3 Å². The standard InChI is InChI=1S/C21H23BrN4O/c1-15-13-20(26(24-15)19-6-4-5-17(22)14-19)23-21(27)16-7-9-18(10-8-16)25-11-2-3-12-25/h2-6,11-14,16,18H,7-10H2,1H3,(H,23,27). The smallest absolute Gasteiger partial charge is 0.228 e. The van der Waals surface area contributed by atoms with Crippen molar-refractivity contribution < 1.29 is 4.79 Å². The third kappa shape index (κ3) is 4.00. The molecule has 2 heterocycles. The Labute approximate surface area is 167 Å². The van der Waals surface area contributed by atoms with E-state index in [1.165, 1.54) is 0 Å². The van der Waals surface area contributed by atoms with Crippen LogP contribution < -0.4 is 5.32 Å². The number of aryl methyl sites for hydroxylation is 1. The largest absolute Gasteiger partial charge is 0.351 e. The number of nitrogens with zero attached hydrogens (tertiary/aromatic N) is 3. The second kappa shape index (κ2) is 7.72. The Kier molecular flexibility index (Phi) is 5.16. The lowest BCUT2D eigenvalue weighted by molar-refractivity contribution is -0.121. The van der Waals surface area contributed by atoms with E-state index < -0.39 is 0 Å². The number of rotatable bonds is 4. The number of hydrogen-bond donors (Lipinski definition) is 1. The lowest BCUT2D eigenvalue weighted by Crippen LogP contribution is -2.28. The second-order valence-electron chi connectivity index (χ2n) is 7.19. The zero-order chi connectivity index (χ0) is 18.8. The number of nitrogens with one attached hydrogen (secondary N) is 1. The molecule has 0 radical (unpaired) electrons. The molecular weight excluding hydrogens is 404 g/mol. The van der Waals surface area contributed by atoms with Crippen LogP contribution in [0.3, 0.4) is 0 Å². The third-order valence-electron chi connectivity index (χ3n) is 5.25. The number of carbonyl (C=O) groups is 1. The fourth-order valence-corrected chi connectivity index (χ4v) is 4.24. The van der Waals surface area contributed by atoms with Gasteiger partial charge in [-0.3, -0.25) is 4.79 Å². The second-order valence-corrected chi connectivity index (χ2v) is 8.10. The number of halogens is 1. The van der Waals surface area contributed by atoms with Crippen LogP contribution in [0, 0.1) is 12.8 Å². The lowest BCUT2D eigenvalue weighted by Gasteiger charge is -2.28. The summed E-state index contributed by atoms with van der Waals surface area (Å²) >= 11 is 3.50. The summed E-state index contributed by atoms with van der Waals surface area (Å²) in [6.07, 6.45) is 8.14. The number of amides is 1. The highest BCUT2D eigenvalue weighted by Gasteiger charge is 2.27. The van der Waals surface area contributed by atoms with Crippen molar-refractivity contribution in [2.24, 2.45) is 5.92 Å². The van der Waals surface area contributed by atoms with E-state index >= 15 is 0 Å². The summed E-state index contributed by atoms with van der Waals surface area (Å²) in [5.41, 5.74) is 1.80. The van der Waals surface area contributed by atoms with Gasteiger partial charge in [-0.15, -0.1) is 0 Å². The van der Waals surface area contributed by atoms with Crippen LogP contribution >= 0.6 is 15.9 Å². The van der Waals surface area contributed by atoms with Gasteiger partial charge in [0.1, 0.15) is 5.82 Å². The maximum absolute atomic E-state index is 12.9. The molecule has 1 aliphatic carbocycles. The first-order chi connectivity index (χ1) is 13.1. The Bertz CT molecular complexity index is 924. The highest BCUT2D eigenvalue weighted by molar-refractivity contribution is 9.10. The van der Waals surface area contributed by atoms with Crippen LogP contribution in [0.4, 0.5) is 5.82 Å². The quantitative estimate of drug-likeness (QED) is 0.629. The molecule has 0 spiro atoms. The predicted molar refractivity (Wildman–Crippen MR) is 110 cm³/mol. The van der Waals surface area contributed by atoms with Gasteiger partial charge in [-0.1, -0.05) is 22.0 Å². The van der Waals surface area contributed by atoms with Gasteiger partial charge in [-0.25, -0.2) is 4.68 Å². The first-order valence-electron chi connectivity index (χ1n) is 9.36. The van der Waals surface area contributed by atoms with Crippen molar-refractivity contribution in [2.75, 3.05) is 5.32 Å². The Morgan fingerprint density at radius 1 is 1.11 bits per heavy atom. The summed E-state index contributed by atoms with van der Waals surface area (Å²) in [5.74, 6) is 0.878. The Hall–Kier alpha value is -2.34. The lowest BCUT2D eigenvalue weighted by atomic mass is 9.85. The Morgan fingerprint density at radius 3 is 2.56 bits per heavy atom. The molecule has 3 aromatic rings. The molecule has 2 aromatic heterocycles. The van der Waals surface area contributed by atoms with E-state index in [4.69, 9.17) is 0 Å². The van der Waals surface area contributed by atoms with E-state index in [1.807, 2.05) is 37.3 Å². The highest BCUT2D eigenvalue weighted by Crippen LogP contribution is 2.33. The number of carbonyl (C=O) groups excluding carboxylic acids is 1. The maximum Gasteiger partial charge on any atom is 0.228 e. The molecule has 0 atom stereocenters. The first kappa shape index (κ1) is 18.0. The van der Waals surface area contributed by atoms with E-state index in [2.05, 4.69) is 55.4 Å². The molecule has 0 aliphatic heterocycles. The molecule has 4 rings (SSSR count). The summed E-state index contributed by atoms with van der Waals surface area (Å²) in [6, 6.07) is 14.5. The van der Waals surface area contributed by atoms with Crippen molar-refractivity contribution >= 4 is 27.7 Å². The van der Waals surface area contributed by atoms with Crippen molar-refractivity contribution in [1.29, 1.82) is 0 Å². The normalized spacial score (nSPS) is 19.8. The average molecular weight is 427 g/mol. The minimum Gasteiger partial charge on any atom is -0.351 e. The monoisotopic (exact) mass is 426 g/mol. The van der Waals surface area contributed by atoms with E-state index in [9.17, 15) is 4.79 Å². The van der Waals surface area contributed by atoms with Crippen LogP contribution in [0.2, 0.25) is 0 Å². The number of benzene rings is 1. The van der Waals surface area contributed by atoms with Gasteiger partial charge in [0.15, 0.2) is 0 Å². The minimum absolute atomic E-state index is 0.0583. The van der Waals surface area contributed by atoms with Crippen molar-refractivity contribution in [2.45, 2.75) is 38.6 Å². The van der Waals surface area contributed by atoms with E-state index in [0.29, 0.717) is 6.04 Å². The zero-order valence-corrected chi connectivity index (χ0v) is 16.9. The van der Waals surface area contributed by atoms with Crippen LogP contribution in [0.1, 0.15) is 37.4 Å². The molecule has 1 aromatic carbocycles. The predicted octanol–water partition coefficient (Wildman–Crippen LogP) is 5.11. The fraction of sp³-hybridized carbons (Fsp3) is 0.333. The SMILES string of the molecule is Cc1cc(NC(=O)C2CCC(n3cccc3)CC2)n(-c2cccc(Br)c2)n1. The number of aromatic nitrogens is 3. The topological polar surface area (TPSA) is 51.9 Å². The molecular formula is C21H23BrN4O. The summed E-state index contributed by atoms with van der Waals surface area (Å²) in [6.45, 7) is 1.94. The van der Waals surface area contributed by atoms with Gasteiger partial charge in [-0.2, -0.15) is 5.10 Å². The van der Waals surface area contributed by atoms with Crippen molar-refractivity contribution in [3.05, 3.63) is 65.0 Å². The maximum atomic E-state index is 12.9. The fourth-order valence-electron chi connectivity index (χ4n) is 3.85. The van der Waals surface area contributed by atoms with Crippen molar-refractivity contribution in [3.63, 3.8) is 0 Å². The van der Waals surface area contributed by atoms with Gasteiger partial charge in [0.25, 0.3) is 0 Å². The van der Waals surface area contributed by atoms with E-state index in [-0.39, 0.29) is 11.8 Å². The van der Waals surface area contributed by atoms with E-state index in [0.717, 1.165) is 47.4 Å². The first-order valence-corrected chi connectivity index (χ1v) is 10.2. The van der Waals surface area contributed by atoms with Gasteiger partial charge in [0.05, 0.1) is 11.4 Å². The van der Waals surface area contributed by atoms with Crippen LogP contribution in [0.25, 0.3) is 5.69 Å². The summed E-state index contributed by atoms with van der Waals surface area (Å²) < 4.78 is 5.04. The van der Waals surface area contributed by atoms with Crippen LogP contribution in [-0.4, -0.2) is 20.3 Å². The Morgan fingerprint density at radius 2 is 1.85 bits per heavy atom. The molecule has 27 heavy (non-hydrogen) atoms. The molecule has 5 nitrogen and oxygen atoms in total. The van der Waals surface area contributed by atoms with Gasteiger partial charge in [0, 0.05) is 34.9 Å².